The SMILES string of the molecule is CC1=C([N+](=O)[O-])[C@@]2(CC(=O)C[C@H](c3ccccc3)C2)ON1. The number of hydrogen-bond donors (Lipinski definition) is 1. The molecule has 0 amide bonds. The quantitative estimate of drug-likeness (QED) is 0.667. The summed E-state index contributed by atoms with van der Waals surface area (Å²) in [5.74, 6) is -0.0685. The van der Waals surface area contributed by atoms with Crippen LogP contribution in [0.4, 0.5) is 0 Å². The molecule has 1 aliphatic heterocycles. The zero-order valence-corrected chi connectivity index (χ0v) is 11.7. The number of nitrogens with zero attached hydrogens (tertiary/aromatic N) is 1. The summed E-state index contributed by atoms with van der Waals surface area (Å²) in [7, 11) is 0. The lowest BCUT2D eigenvalue weighted by atomic mass is 9.73. The van der Waals surface area contributed by atoms with Crippen molar-refractivity contribution in [3.63, 3.8) is 0 Å². The van der Waals surface area contributed by atoms with E-state index in [-0.39, 0.29) is 23.8 Å². The Morgan fingerprint density at radius 3 is 2.76 bits per heavy atom. The maximum Gasteiger partial charge on any atom is 0.301 e. The molecular formula is C15H16N2O4. The summed E-state index contributed by atoms with van der Waals surface area (Å²) in [5, 5.41) is 11.4. The summed E-state index contributed by atoms with van der Waals surface area (Å²) in [6.07, 6.45) is 0.888. The molecule has 110 valence electrons. The number of hydrogen-bond acceptors (Lipinski definition) is 5. The highest BCUT2D eigenvalue weighted by molar-refractivity contribution is 5.82. The third-order valence-electron chi connectivity index (χ3n) is 4.17. The summed E-state index contributed by atoms with van der Waals surface area (Å²) in [5.41, 5.74) is 2.81. The number of allylic oxidation sites excluding steroid dienone is 1. The predicted octanol–water partition coefficient (Wildman–Crippen LogP) is 2.30. The average Bonchev–Trinajstić information content (AvgIpc) is 2.75. The van der Waals surface area contributed by atoms with Crippen molar-refractivity contribution in [2.45, 2.75) is 37.7 Å². The van der Waals surface area contributed by atoms with Crippen LogP contribution in [0.1, 0.15) is 37.7 Å². The van der Waals surface area contributed by atoms with Crippen LogP contribution in [0.15, 0.2) is 41.7 Å². The third-order valence-corrected chi connectivity index (χ3v) is 4.17. The largest absolute Gasteiger partial charge is 0.301 e. The Hall–Kier alpha value is -2.21. The molecule has 1 aliphatic carbocycles. The Morgan fingerprint density at radius 1 is 1.38 bits per heavy atom. The summed E-state index contributed by atoms with van der Waals surface area (Å²) >= 11 is 0. The van der Waals surface area contributed by atoms with Crippen LogP contribution in [-0.2, 0) is 9.63 Å². The van der Waals surface area contributed by atoms with Crippen molar-refractivity contribution in [3.05, 3.63) is 57.4 Å². The van der Waals surface area contributed by atoms with Crippen molar-refractivity contribution in [1.82, 2.24) is 5.48 Å². The second kappa shape index (κ2) is 4.96. The zero-order chi connectivity index (χ0) is 15.0. The van der Waals surface area contributed by atoms with E-state index in [2.05, 4.69) is 5.48 Å². The monoisotopic (exact) mass is 288 g/mol. The highest BCUT2D eigenvalue weighted by atomic mass is 16.7. The topological polar surface area (TPSA) is 81.5 Å². The first-order chi connectivity index (χ1) is 10.0. The molecule has 1 fully saturated rings. The van der Waals surface area contributed by atoms with Gasteiger partial charge >= 0.3 is 5.70 Å². The lowest BCUT2D eigenvalue weighted by Crippen LogP contribution is -2.43. The Balaban J connectivity index is 1.97. The minimum Gasteiger partial charge on any atom is -0.300 e. The van der Waals surface area contributed by atoms with Crippen molar-refractivity contribution in [3.8, 4) is 0 Å². The molecule has 0 saturated heterocycles. The third kappa shape index (κ3) is 2.31. The van der Waals surface area contributed by atoms with Gasteiger partial charge in [0.15, 0.2) is 5.60 Å². The molecule has 2 aliphatic rings. The number of carbonyl (C=O) groups is 1. The smallest absolute Gasteiger partial charge is 0.300 e. The maximum absolute atomic E-state index is 12.1. The van der Waals surface area contributed by atoms with Crippen LogP contribution in [0, 0.1) is 10.1 Å². The summed E-state index contributed by atoms with van der Waals surface area (Å²) in [4.78, 5) is 28.6. The van der Waals surface area contributed by atoms with Gasteiger partial charge in [-0.25, -0.2) is 0 Å². The summed E-state index contributed by atoms with van der Waals surface area (Å²) in [6, 6.07) is 9.61. The minimum absolute atomic E-state index is 0.00838. The molecule has 0 bridgehead atoms. The van der Waals surface area contributed by atoms with Crippen LogP contribution >= 0.6 is 0 Å². The second-order valence-corrected chi connectivity index (χ2v) is 5.66. The highest BCUT2D eigenvalue weighted by Gasteiger charge is 2.55. The van der Waals surface area contributed by atoms with Crippen LogP contribution in [0.25, 0.3) is 0 Å². The molecule has 6 nitrogen and oxygen atoms in total. The molecule has 1 N–H and O–H groups in total. The van der Waals surface area contributed by atoms with Crippen molar-refractivity contribution in [1.29, 1.82) is 0 Å². The molecule has 1 saturated carbocycles. The molecule has 21 heavy (non-hydrogen) atoms. The molecule has 1 aromatic carbocycles. The second-order valence-electron chi connectivity index (χ2n) is 5.66. The van der Waals surface area contributed by atoms with Gasteiger partial charge in [-0.2, -0.15) is 0 Å². The minimum atomic E-state index is -1.15. The van der Waals surface area contributed by atoms with Crippen molar-refractivity contribution in [2.75, 3.05) is 0 Å². The number of ketones is 1. The number of nitrogens with one attached hydrogen (secondary N) is 1. The van der Waals surface area contributed by atoms with Crippen molar-refractivity contribution in [2.24, 2.45) is 0 Å². The van der Waals surface area contributed by atoms with Gasteiger partial charge in [0.2, 0.25) is 0 Å². The van der Waals surface area contributed by atoms with Gasteiger partial charge in [-0.15, -0.1) is 0 Å². The molecule has 1 aromatic rings. The fourth-order valence-corrected chi connectivity index (χ4v) is 3.34. The number of carbonyl (C=O) groups excluding carboxylic acids is 1. The lowest BCUT2D eigenvalue weighted by molar-refractivity contribution is -0.443. The van der Waals surface area contributed by atoms with Crippen LogP contribution in [0.3, 0.4) is 0 Å². The van der Waals surface area contributed by atoms with Crippen LogP contribution < -0.4 is 5.48 Å². The Labute approximate surface area is 121 Å². The number of hydroxylamine groups is 1. The van der Waals surface area contributed by atoms with Gasteiger partial charge < -0.3 is 0 Å². The maximum atomic E-state index is 12.1. The lowest BCUT2D eigenvalue weighted by Gasteiger charge is -2.33. The Morgan fingerprint density at radius 2 is 2.10 bits per heavy atom. The van der Waals surface area contributed by atoms with Gasteiger partial charge in [0, 0.05) is 12.8 Å². The van der Waals surface area contributed by atoms with Crippen LogP contribution in [0.2, 0.25) is 0 Å². The first-order valence-corrected chi connectivity index (χ1v) is 6.88. The zero-order valence-electron chi connectivity index (χ0n) is 11.7. The molecule has 6 heteroatoms. The van der Waals surface area contributed by atoms with Gasteiger partial charge in [0.05, 0.1) is 4.92 Å². The van der Waals surface area contributed by atoms with Gasteiger partial charge in [0.1, 0.15) is 11.5 Å². The highest BCUT2D eigenvalue weighted by Crippen LogP contribution is 2.45. The van der Waals surface area contributed by atoms with E-state index >= 15 is 0 Å². The average molecular weight is 288 g/mol. The summed E-state index contributed by atoms with van der Waals surface area (Å²) < 4.78 is 0. The number of rotatable bonds is 2. The van der Waals surface area contributed by atoms with E-state index in [1.54, 1.807) is 6.92 Å². The first-order valence-electron chi connectivity index (χ1n) is 6.88. The molecule has 1 heterocycles. The molecule has 2 atom stereocenters. The molecule has 0 unspecified atom stereocenters. The standard InChI is InChI=1S/C15H16N2O4/c1-10-14(17(19)20)15(21-16-10)8-12(7-13(18)9-15)11-5-3-2-4-6-11/h2-6,12,16H,7-9H2,1H3/t12-,15+/m0/s1. The van der Waals surface area contributed by atoms with Crippen LogP contribution in [0.5, 0.6) is 0 Å². The predicted molar refractivity (Wildman–Crippen MR) is 74.7 cm³/mol. The van der Waals surface area contributed by atoms with E-state index in [1.165, 1.54) is 0 Å². The fourth-order valence-electron chi connectivity index (χ4n) is 3.34. The van der Waals surface area contributed by atoms with Crippen LogP contribution in [-0.4, -0.2) is 16.3 Å². The Bertz CT molecular complexity index is 626. The molecule has 3 rings (SSSR count). The van der Waals surface area contributed by atoms with E-state index in [9.17, 15) is 14.9 Å². The van der Waals surface area contributed by atoms with Gasteiger partial charge in [-0.1, -0.05) is 30.3 Å². The molecule has 0 aromatic heterocycles. The van der Waals surface area contributed by atoms with E-state index in [1.807, 2.05) is 30.3 Å². The first kappa shape index (κ1) is 13.8. The van der Waals surface area contributed by atoms with E-state index in [0.29, 0.717) is 18.5 Å². The van der Waals surface area contributed by atoms with E-state index < -0.39 is 10.5 Å². The Kier molecular flexibility index (Phi) is 3.25. The number of nitro groups is 1. The van der Waals surface area contributed by atoms with E-state index in [0.717, 1.165) is 5.56 Å². The molecular weight excluding hydrogens is 272 g/mol. The van der Waals surface area contributed by atoms with E-state index in [4.69, 9.17) is 4.84 Å². The molecule has 0 radical (unpaired) electrons. The number of benzene rings is 1. The normalized spacial score (nSPS) is 28.8. The fraction of sp³-hybridized carbons (Fsp3) is 0.400. The van der Waals surface area contributed by atoms with Gasteiger partial charge in [0.25, 0.3) is 0 Å². The summed E-state index contributed by atoms with van der Waals surface area (Å²) in [6.45, 7) is 1.60. The van der Waals surface area contributed by atoms with Gasteiger partial charge in [-0.05, 0) is 24.8 Å². The van der Waals surface area contributed by atoms with Crippen molar-refractivity contribution < 1.29 is 14.6 Å². The van der Waals surface area contributed by atoms with Crippen molar-refractivity contribution >= 4 is 5.78 Å². The van der Waals surface area contributed by atoms with Gasteiger partial charge in [-0.3, -0.25) is 25.2 Å². The number of Topliss-reactive ketones (excluding diaryl/α,β-unsaturated/α-hetero) is 1. The molecule has 1 spiro atoms.